The number of carboxylic acid groups (broad SMARTS) is 1. The topological polar surface area (TPSA) is 68.7 Å². The van der Waals surface area contributed by atoms with Crippen LogP contribution in [-0.4, -0.2) is 34.4 Å². The Morgan fingerprint density at radius 2 is 1.95 bits per heavy atom. The van der Waals surface area contributed by atoms with E-state index in [1.165, 1.54) is 18.3 Å². The highest BCUT2D eigenvalue weighted by molar-refractivity contribution is 6.48. The number of pyridine rings is 1. The Morgan fingerprint density at radius 3 is 2.43 bits per heavy atom. The van der Waals surface area contributed by atoms with Crippen LogP contribution in [0, 0.1) is 5.82 Å². The number of hydrogen-bond acceptors (Lipinski definition) is 4. The summed E-state index contributed by atoms with van der Waals surface area (Å²) < 4.78 is 25.7. The lowest BCUT2D eigenvalue weighted by Crippen LogP contribution is -2.41. The molecule has 5 nitrogen and oxygen atoms in total. The van der Waals surface area contributed by atoms with Crippen molar-refractivity contribution in [3.05, 3.63) is 29.8 Å². The molecule has 0 saturated carbocycles. The molecule has 0 aromatic carbocycles. The zero-order valence-electron chi connectivity index (χ0n) is 12.6. The number of aromatic nitrogens is 1. The molecule has 1 atom stereocenters. The molecule has 1 aromatic heterocycles. The minimum absolute atomic E-state index is 0.0541. The Kier molecular flexibility index (Phi) is 4.08. The number of carboxylic acids is 1. The van der Waals surface area contributed by atoms with Gasteiger partial charge in [0.05, 0.1) is 23.3 Å². The highest BCUT2D eigenvalue weighted by Crippen LogP contribution is 2.41. The number of nitrogens with zero attached hydrogens (tertiary/aromatic N) is 1. The van der Waals surface area contributed by atoms with Gasteiger partial charge in [-0.25, -0.2) is 4.39 Å². The third-order valence-electron chi connectivity index (χ3n) is 4.13. The molecule has 0 spiro atoms. The molecule has 0 aliphatic carbocycles. The van der Waals surface area contributed by atoms with E-state index < -0.39 is 35.9 Å². The molecule has 1 aromatic rings. The van der Waals surface area contributed by atoms with Crippen LogP contribution in [0.5, 0.6) is 0 Å². The van der Waals surface area contributed by atoms with Gasteiger partial charge in [0.2, 0.25) is 0 Å². The van der Waals surface area contributed by atoms with Crippen molar-refractivity contribution >= 4 is 13.1 Å². The number of halogens is 1. The van der Waals surface area contributed by atoms with Gasteiger partial charge in [0.25, 0.3) is 0 Å². The molecule has 2 heterocycles. The van der Waals surface area contributed by atoms with Crippen molar-refractivity contribution in [3.63, 3.8) is 0 Å². The van der Waals surface area contributed by atoms with E-state index in [4.69, 9.17) is 14.4 Å². The van der Waals surface area contributed by atoms with Crippen molar-refractivity contribution < 1.29 is 23.6 Å². The minimum Gasteiger partial charge on any atom is -0.481 e. The Balaban J connectivity index is 2.35. The number of rotatable bonds is 4. The Bertz CT molecular complexity index is 534. The second-order valence-electron chi connectivity index (χ2n) is 6.20. The second kappa shape index (κ2) is 5.38. The van der Waals surface area contributed by atoms with Gasteiger partial charge in [0.1, 0.15) is 5.82 Å². The van der Waals surface area contributed by atoms with Crippen LogP contribution in [0.2, 0.25) is 0 Å². The molecular weight excluding hydrogens is 276 g/mol. The van der Waals surface area contributed by atoms with Crippen LogP contribution in [0.4, 0.5) is 4.39 Å². The van der Waals surface area contributed by atoms with Crippen molar-refractivity contribution in [1.82, 2.24) is 4.98 Å². The fourth-order valence-corrected chi connectivity index (χ4v) is 2.23. The first-order valence-electron chi connectivity index (χ1n) is 6.82. The fraction of sp³-hybridized carbons (Fsp3) is 0.571. The summed E-state index contributed by atoms with van der Waals surface area (Å²) in [7, 11) is -0.851. The van der Waals surface area contributed by atoms with Crippen LogP contribution < -0.4 is 0 Å². The van der Waals surface area contributed by atoms with Crippen LogP contribution in [0.1, 0.15) is 45.6 Å². The maximum Gasteiger partial charge on any atom is 0.468 e. The van der Waals surface area contributed by atoms with Gasteiger partial charge in [-0.2, -0.15) is 0 Å². The standard InChI is InChI=1S/C14H19BFNO4/c1-13(2)14(3,4)21-15(20-13)9(8-11(18)19)12-10(16)6-5-7-17-12/h5-7,9H,8H2,1-4H3,(H,18,19). The third kappa shape index (κ3) is 3.08. The van der Waals surface area contributed by atoms with Crippen molar-refractivity contribution in [1.29, 1.82) is 0 Å². The average Bonchev–Trinajstić information content (AvgIpc) is 2.56. The van der Waals surface area contributed by atoms with Gasteiger partial charge >= 0.3 is 13.1 Å². The molecule has 7 heteroatoms. The molecule has 1 aliphatic rings. The van der Waals surface area contributed by atoms with Gasteiger partial charge < -0.3 is 14.4 Å². The molecule has 0 amide bonds. The van der Waals surface area contributed by atoms with Crippen LogP contribution in [0.3, 0.4) is 0 Å². The summed E-state index contributed by atoms with van der Waals surface area (Å²) in [5.41, 5.74) is -1.17. The van der Waals surface area contributed by atoms with E-state index in [0.29, 0.717) is 0 Å². The number of carbonyl (C=O) groups is 1. The molecule has 1 aliphatic heterocycles. The van der Waals surface area contributed by atoms with Crippen LogP contribution in [0.15, 0.2) is 18.3 Å². The fourth-order valence-electron chi connectivity index (χ4n) is 2.23. The summed E-state index contributed by atoms with van der Waals surface area (Å²) >= 11 is 0. The van der Waals surface area contributed by atoms with Gasteiger partial charge in [-0.3, -0.25) is 9.78 Å². The lowest BCUT2D eigenvalue weighted by molar-refractivity contribution is -0.137. The highest BCUT2D eigenvalue weighted by Gasteiger charge is 2.55. The molecule has 1 saturated heterocycles. The lowest BCUT2D eigenvalue weighted by atomic mass is 9.67. The molecule has 1 unspecified atom stereocenters. The zero-order chi connectivity index (χ0) is 15.8. The summed E-state index contributed by atoms with van der Waals surface area (Å²) in [4.78, 5) is 15.1. The van der Waals surface area contributed by atoms with Crippen molar-refractivity contribution in [2.24, 2.45) is 0 Å². The van der Waals surface area contributed by atoms with Gasteiger partial charge in [-0.1, -0.05) is 0 Å². The molecule has 0 radical (unpaired) electrons. The van der Waals surface area contributed by atoms with Crippen molar-refractivity contribution in [2.45, 2.75) is 51.1 Å². The summed E-state index contributed by atoms with van der Waals surface area (Å²) in [6.07, 6.45) is 1.11. The highest BCUT2D eigenvalue weighted by atomic mass is 19.1. The van der Waals surface area contributed by atoms with E-state index in [1.807, 2.05) is 27.7 Å². The van der Waals surface area contributed by atoms with Crippen molar-refractivity contribution in [2.75, 3.05) is 0 Å². The molecule has 114 valence electrons. The molecule has 1 fully saturated rings. The smallest absolute Gasteiger partial charge is 0.468 e. The quantitative estimate of drug-likeness (QED) is 0.864. The average molecular weight is 295 g/mol. The van der Waals surface area contributed by atoms with Gasteiger partial charge in [0.15, 0.2) is 0 Å². The molecule has 2 rings (SSSR count). The molecular formula is C14H19BFNO4. The molecule has 1 N–H and O–H groups in total. The maximum absolute atomic E-state index is 14.0. The minimum atomic E-state index is -1.06. The van der Waals surface area contributed by atoms with E-state index in [0.717, 1.165) is 0 Å². The van der Waals surface area contributed by atoms with Gasteiger partial charge in [-0.05, 0) is 39.8 Å². The number of hydrogen-bond donors (Lipinski definition) is 1. The van der Waals surface area contributed by atoms with E-state index in [9.17, 15) is 9.18 Å². The zero-order valence-corrected chi connectivity index (χ0v) is 12.6. The predicted octanol–water partition coefficient (Wildman–Crippen LogP) is 2.41. The van der Waals surface area contributed by atoms with E-state index >= 15 is 0 Å². The normalized spacial score (nSPS) is 21.3. The third-order valence-corrected chi connectivity index (χ3v) is 4.13. The number of aliphatic carboxylic acids is 1. The van der Waals surface area contributed by atoms with E-state index in [-0.39, 0.29) is 12.1 Å². The maximum atomic E-state index is 14.0. The van der Waals surface area contributed by atoms with Gasteiger partial charge in [0, 0.05) is 12.0 Å². The second-order valence-corrected chi connectivity index (χ2v) is 6.20. The summed E-state index contributed by atoms with van der Waals surface area (Å²) in [5, 5.41) is 9.10. The first kappa shape index (κ1) is 15.9. The first-order chi connectivity index (χ1) is 9.64. The Labute approximate surface area is 123 Å². The van der Waals surface area contributed by atoms with Crippen LogP contribution in [0.25, 0.3) is 0 Å². The largest absolute Gasteiger partial charge is 0.481 e. The van der Waals surface area contributed by atoms with E-state index in [1.54, 1.807) is 0 Å². The van der Waals surface area contributed by atoms with E-state index in [2.05, 4.69) is 4.98 Å². The summed E-state index contributed by atoms with van der Waals surface area (Å²) in [6.45, 7) is 7.44. The first-order valence-corrected chi connectivity index (χ1v) is 6.82. The predicted molar refractivity (Wildman–Crippen MR) is 75.3 cm³/mol. The molecule has 21 heavy (non-hydrogen) atoms. The Hall–Kier alpha value is -1.47. The SMILES string of the molecule is CC1(C)OB(C(CC(=O)O)c2ncccc2F)OC1(C)C. The van der Waals surface area contributed by atoms with Gasteiger partial charge in [-0.15, -0.1) is 0 Å². The van der Waals surface area contributed by atoms with Crippen LogP contribution in [-0.2, 0) is 14.1 Å². The Morgan fingerprint density at radius 1 is 1.38 bits per heavy atom. The monoisotopic (exact) mass is 295 g/mol. The van der Waals surface area contributed by atoms with Crippen LogP contribution >= 0.6 is 0 Å². The van der Waals surface area contributed by atoms with Crippen molar-refractivity contribution in [3.8, 4) is 0 Å². The lowest BCUT2D eigenvalue weighted by Gasteiger charge is -2.32. The summed E-state index contributed by atoms with van der Waals surface area (Å²) in [6, 6.07) is 2.71. The molecule has 0 bridgehead atoms. The summed E-state index contributed by atoms with van der Waals surface area (Å²) in [5.74, 6) is -2.41.